The Balaban J connectivity index is 2.34. The molecule has 5 heteroatoms. The Morgan fingerprint density at radius 1 is 1.35 bits per heavy atom. The Bertz CT molecular complexity index is 500. The molecule has 0 aromatic heterocycles. The van der Waals surface area contributed by atoms with Crippen molar-refractivity contribution < 1.29 is 13.2 Å². The first-order valence-electron chi connectivity index (χ1n) is 7.09. The summed E-state index contributed by atoms with van der Waals surface area (Å²) in [6, 6.07) is 7.56. The van der Waals surface area contributed by atoms with E-state index >= 15 is 0 Å². The van der Waals surface area contributed by atoms with Crippen molar-refractivity contribution in [1.82, 2.24) is 0 Å². The quantitative estimate of drug-likeness (QED) is 0.711. The molecule has 0 amide bonds. The lowest BCUT2D eigenvalue weighted by Gasteiger charge is -2.10. The highest BCUT2D eigenvalue weighted by Gasteiger charge is 2.14. The summed E-state index contributed by atoms with van der Waals surface area (Å²) in [5.74, 6) is 1.43. The molecular weight excluding hydrogens is 274 g/mol. The van der Waals surface area contributed by atoms with Crippen LogP contribution in [-0.2, 0) is 16.4 Å². The van der Waals surface area contributed by atoms with Crippen LogP contribution in [0.3, 0.4) is 0 Å². The second-order valence-electron chi connectivity index (χ2n) is 5.18. The Labute approximate surface area is 122 Å². The third kappa shape index (κ3) is 6.39. The van der Waals surface area contributed by atoms with E-state index < -0.39 is 9.84 Å². The van der Waals surface area contributed by atoms with Crippen LogP contribution in [0.5, 0.6) is 5.75 Å². The first-order valence-corrected chi connectivity index (χ1v) is 8.91. The molecule has 1 aromatic carbocycles. The SMILES string of the molecule is CCC(C)CS(=O)(=O)CCCOc1cccc(CN)c1. The van der Waals surface area contributed by atoms with E-state index in [1.165, 1.54) is 0 Å². The smallest absolute Gasteiger partial charge is 0.150 e. The molecule has 4 nitrogen and oxygen atoms in total. The first kappa shape index (κ1) is 17.0. The Kier molecular flexibility index (Phi) is 7.02. The summed E-state index contributed by atoms with van der Waals surface area (Å²) >= 11 is 0. The number of nitrogens with two attached hydrogens (primary N) is 1. The van der Waals surface area contributed by atoms with Crippen LogP contribution in [0.2, 0.25) is 0 Å². The normalized spacial score (nSPS) is 13.2. The maximum absolute atomic E-state index is 11.8. The average Bonchev–Trinajstić information content (AvgIpc) is 2.43. The van der Waals surface area contributed by atoms with Crippen LogP contribution in [0, 0.1) is 5.92 Å². The largest absolute Gasteiger partial charge is 0.494 e. The van der Waals surface area contributed by atoms with Gasteiger partial charge >= 0.3 is 0 Å². The van der Waals surface area contributed by atoms with Crippen LogP contribution in [0.15, 0.2) is 24.3 Å². The van der Waals surface area contributed by atoms with Gasteiger partial charge in [0.1, 0.15) is 5.75 Å². The topological polar surface area (TPSA) is 69.4 Å². The van der Waals surface area contributed by atoms with Crippen LogP contribution in [-0.4, -0.2) is 26.5 Å². The zero-order chi connectivity index (χ0) is 15.0. The van der Waals surface area contributed by atoms with Crippen molar-refractivity contribution in [2.45, 2.75) is 33.2 Å². The van der Waals surface area contributed by atoms with Crippen molar-refractivity contribution >= 4 is 9.84 Å². The van der Waals surface area contributed by atoms with Gasteiger partial charge in [0.2, 0.25) is 0 Å². The second-order valence-corrected chi connectivity index (χ2v) is 7.41. The van der Waals surface area contributed by atoms with Gasteiger partial charge in [-0.3, -0.25) is 0 Å². The van der Waals surface area contributed by atoms with E-state index in [2.05, 4.69) is 0 Å². The lowest BCUT2D eigenvalue weighted by Crippen LogP contribution is -2.18. The predicted molar refractivity (Wildman–Crippen MR) is 82.6 cm³/mol. The number of sulfone groups is 1. The Morgan fingerprint density at radius 3 is 2.75 bits per heavy atom. The number of hydrogen-bond acceptors (Lipinski definition) is 4. The second kappa shape index (κ2) is 8.27. The highest BCUT2D eigenvalue weighted by Crippen LogP contribution is 2.13. The highest BCUT2D eigenvalue weighted by atomic mass is 32.2. The summed E-state index contributed by atoms with van der Waals surface area (Å²) in [6.07, 6.45) is 1.41. The van der Waals surface area contributed by atoms with E-state index in [-0.39, 0.29) is 17.4 Å². The molecule has 1 aromatic rings. The summed E-state index contributed by atoms with van der Waals surface area (Å²) in [6.45, 7) is 4.86. The van der Waals surface area contributed by atoms with Crippen LogP contribution < -0.4 is 10.5 Å². The van der Waals surface area contributed by atoms with Crippen molar-refractivity contribution in [2.24, 2.45) is 11.7 Å². The van der Waals surface area contributed by atoms with Gasteiger partial charge in [0.15, 0.2) is 9.84 Å². The summed E-state index contributed by atoms with van der Waals surface area (Å²) in [5.41, 5.74) is 6.56. The fourth-order valence-electron chi connectivity index (χ4n) is 1.87. The van der Waals surface area contributed by atoms with E-state index in [0.29, 0.717) is 19.6 Å². The van der Waals surface area contributed by atoms with Gasteiger partial charge < -0.3 is 10.5 Å². The minimum absolute atomic E-state index is 0.188. The van der Waals surface area contributed by atoms with Gasteiger partial charge in [-0.1, -0.05) is 32.4 Å². The molecule has 0 aliphatic carbocycles. The van der Waals surface area contributed by atoms with E-state index in [0.717, 1.165) is 17.7 Å². The van der Waals surface area contributed by atoms with Crippen molar-refractivity contribution in [3.8, 4) is 5.75 Å². The molecule has 0 saturated heterocycles. The highest BCUT2D eigenvalue weighted by molar-refractivity contribution is 7.91. The van der Waals surface area contributed by atoms with Gasteiger partial charge in [-0.2, -0.15) is 0 Å². The number of benzene rings is 1. The van der Waals surface area contributed by atoms with E-state index in [4.69, 9.17) is 10.5 Å². The van der Waals surface area contributed by atoms with Gasteiger partial charge in [0.05, 0.1) is 18.1 Å². The lowest BCUT2D eigenvalue weighted by atomic mass is 10.2. The number of rotatable bonds is 9. The molecule has 0 heterocycles. The van der Waals surface area contributed by atoms with E-state index in [1.807, 2.05) is 38.1 Å². The zero-order valence-electron chi connectivity index (χ0n) is 12.3. The summed E-state index contributed by atoms with van der Waals surface area (Å²) < 4.78 is 29.2. The Hall–Kier alpha value is -1.07. The summed E-state index contributed by atoms with van der Waals surface area (Å²) in [4.78, 5) is 0. The minimum atomic E-state index is -2.96. The van der Waals surface area contributed by atoms with E-state index in [9.17, 15) is 8.42 Å². The molecule has 1 atom stereocenters. The third-order valence-corrected chi connectivity index (χ3v) is 5.23. The predicted octanol–water partition coefficient (Wildman–Crippen LogP) is 2.38. The maximum Gasteiger partial charge on any atom is 0.150 e. The molecule has 0 fully saturated rings. The summed E-state index contributed by atoms with van der Waals surface area (Å²) in [5, 5.41) is 0. The molecule has 0 aliphatic rings. The number of ether oxygens (including phenoxy) is 1. The Morgan fingerprint density at radius 2 is 2.10 bits per heavy atom. The standard InChI is InChI=1S/C15H25NO3S/c1-3-13(2)12-20(17,18)9-5-8-19-15-7-4-6-14(10-15)11-16/h4,6-7,10,13H,3,5,8-9,11-12,16H2,1-2H3. The van der Waals surface area contributed by atoms with Crippen LogP contribution in [0.4, 0.5) is 0 Å². The molecule has 1 rings (SSSR count). The minimum Gasteiger partial charge on any atom is -0.494 e. The summed E-state index contributed by atoms with van der Waals surface area (Å²) in [7, 11) is -2.96. The zero-order valence-corrected chi connectivity index (χ0v) is 13.2. The molecule has 0 radical (unpaired) electrons. The third-order valence-electron chi connectivity index (χ3n) is 3.24. The van der Waals surface area contributed by atoms with Crippen molar-refractivity contribution in [2.75, 3.05) is 18.1 Å². The van der Waals surface area contributed by atoms with Crippen molar-refractivity contribution in [1.29, 1.82) is 0 Å². The lowest BCUT2D eigenvalue weighted by molar-refractivity contribution is 0.317. The van der Waals surface area contributed by atoms with E-state index in [1.54, 1.807) is 0 Å². The van der Waals surface area contributed by atoms with Crippen molar-refractivity contribution in [3.05, 3.63) is 29.8 Å². The fourth-order valence-corrected chi connectivity index (χ4v) is 3.69. The van der Waals surface area contributed by atoms with Crippen molar-refractivity contribution in [3.63, 3.8) is 0 Å². The van der Waals surface area contributed by atoms with Gasteiger partial charge in [0, 0.05) is 6.54 Å². The first-order chi connectivity index (χ1) is 9.46. The van der Waals surface area contributed by atoms with Crippen LogP contribution >= 0.6 is 0 Å². The van der Waals surface area contributed by atoms with Gasteiger partial charge in [-0.05, 0) is 30.0 Å². The van der Waals surface area contributed by atoms with Crippen LogP contribution in [0.25, 0.3) is 0 Å². The number of hydrogen-bond donors (Lipinski definition) is 1. The molecular formula is C15H25NO3S. The maximum atomic E-state index is 11.8. The van der Waals surface area contributed by atoms with Gasteiger partial charge in [0.25, 0.3) is 0 Å². The van der Waals surface area contributed by atoms with Gasteiger partial charge in [-0.25, -0.2) is 8.42 Å². The van der Waals surface area contributed by atoms with Gasteiger partial charge in [-0.15, -0.1) is 0 Å². The fraction of sp³-hybridized carbons (Fsp3) is 0.600. The molecule has 0 aliphatic heterocycles. The molecule has 114 valence electrons. The molecule has 20 heavy (non-hydrogen) atoms. The molecule has 0 bridgehead atoms. The molecule has 2 N–H and O–H groups in total. The average molecular weight is 299 g/mol. The molecule has 0 saturated carbocycles. The monoisotopic (exact) mass is 299 g/mol. The molecule has 0 spiro atoms. The molecule has 1 unspecified atom stereocenters. The van der Waals surface area contributed by atoms with Crippen LogP contribution in [0.1, 0.15) is 32.3 Å².